The van der Waals surface area contributed by atoms with Gasteiger partial charge in [-0.25, -0.2) is 0 Å². The lowest BCUT2D eigenvalue weighted by atomic mass is 9.80. The highest BCUT2D eigenvalue weighted by Gasteiger charge is 2.51. The summed E-state index contributed by atoms with van der Waals surface area (Å²) < 4.78 is 10.7. The predicted octanol–water partition coefficient (Wildman–Crippen LogP) is 3.23. The van der Waals surface area contributed by atoms with Crippen LogP contribution >= 0.6 is 23.1 Å². The Balaban J connectivity index is 1.54. The molecule has 0 fully saturated rings. The van der Waals surface area contributed by atoms with Crippen LogP contribution in [0.25, 0.3) is 0 Å². The molecule has 2 aliphatic rings. The summed E-state index contributed by atoms with van der Waals surface area (Å²) in [7, 11) is 1.57. The SMILES string of the molecule is COc1ccc(NC(=O)[C@@H]2Sc3[nH]c(=O)sc3[C@@H]3c4ccccc4OC(=O)[C@H]32)cc1. The van der Waals surface area contributed by atoms with E-state index < -0.39 is 23.1 Å². The third-order valence-electron chi connectivity index (χ3n) is 5.21. The molecule has 7 nitrogen and oxygen atoms in total. The second kappa shape index (κ2) is 7.33. The fourth-order valence-electron chi connectivity index (χ4n) is 3.86. The van der Waals surface area contributed by atoms with E-state index in [-0.39, 0.29) is 10.8 Å². The maximum atomic E-state index is 13.2. The number of hydrogen-bond donors (Lipinski definition) is 2. The summed E-state index contributed by atoms with van der Waals surface area (Å²) in [5, 5.41) is 2.74. The van der Waals surface area contributed by atoms with Crippen LogP contribution < -0.4 is 19.7 Å². The van der Waals surface area contributed by atoms with E-state index in [1.807, 2.05) is 12.1 Å². The van der Waals surface area contributed by atoms with Crippen LogP contribution in [0.3, 0.4) is 0 Å². The van der Waals surface area contributed by atoms with Crippen LogP contribution in [0, 0.1) is 5.92 Å². The quantitative estimate of drug-likeness (QED) is 0.479. The van der Waals surface area contributed by atoms with Gasteiger partial charge in [0.2, 0.25) is 5.91 Å². The number of carbonyl (C=O) groups excluding carboxylic acids is 2. The number of aromatic nitrogens is 1. The number of hydrogen-bond acceptors (Lipinski definition) is 7. The van der Waals surface area contributed by atoms with Crippen molar-refractivity contribution in [3.63, 3.8) is 0 Å². The first-order chi connectivity index (χ1) is 14.5. The number of anilines is 1. The summed E-state index contributed by atoms with van der Waals surface area (Å²) in [6, 6.07) is 14.2. The average Bonchev–Trinajstić information content (AvgIpc) is 3.13. The number of H-pyrrole nitrogens is 1. The second-order valence-electron chi connectivity index (χ2n) is 6.93. The minimum Gasteiger partial charge on any atom is -0.497 e. The number of carbonyl (C=O) groups is 2. The minimum atomic E-state index is -0.754. The number of nitrogens with one attached hydrogen (secondary N) is 2. The number of fused-ring (bicyclic) bond motifs is 5. The Bertz CT molecular complexity index is 1200. The summed E-state index contributed by atoms with van der Waals surface area (Å²) in [6.45, 7) is 0. The fourth-order valence-corrected chi connectivity index (χ4v) is 6.32. The number of methoxy groups -OCH3 is 1. The zero-order chi connectivity index (χ0) is 20.8. The number of amides is 1. The molecule has 1 amide bonds. The van der Waals surface area contributed by atoms with E-state index in [2.05, 4.69) is 10.3 Å². The Kier molecular flexibility index (Phi) is 4.63. The van der Waals surface area contributed by atoms with Gasteiger partial charge in [-0.05, 0) is 30.3 Å². The number of para-hydroxylation sites is 1. The molecule has 2 aliphatic heterocycles. The first-order valence-corrected chi connectivity index (χ1v) is 10.9. The zero-order valence-electron chi connectivity index (χ0n) is 15.7. The third kappa shape index (κ3) is 3.10. The molecule has 0 aliphatic carbocycles. The van der Waals surface area contributed by atoms with E-state index in [1.54, 1.807) is 43.5 Å². The standard InChI is InChI=1S/C21H16N2O5S2/c1-27-11-8-6-10(7-9-11)22-18(24)16-15-14(17-19(29-16)23-21(26)30-17)12-4-2-3-5-13(12)28-20(15)25/h2-9,14-16H,1H3,(H,22,24)(H,23,26)/t14-,15-,16-/m1/s1. The first kappa shape index (κ1) is 19.0. The number of esters is 1. The van der Waals surface area contributed by atoms with Gasteiger partial charge >= 0.3 is 10.8 Å². The van der Waals surface area contributed by atoms with E-state index in [0.29, 0.717) is 22.2 Å². The molecule has 0 bridgehead atoms. The average molecular weight is 441 g/mol. The molecule has 5 rings (SSSR count). The van der Waals surface area contributed by atoms with Gasteiger partial charge in [0.05, 0.1) is 18.1 Å². The summed E-state index contributed by atoms with van der Waals surface area (Å²) in [6.07, 6.45) is 0. The summed E-state index contributed by atoms with van der Waals surface area (Å²) in [5.41, 5.74) is 1.40. The van der Waals surface area contributed by atoms with Crippen molar-refractivity contribution in [2.75, 3.05) is 12.4 Å². The van der Waals surface area contributed by atoms with Gasteiger partial charge in [0.1, 0.15) is 16.7 Å². The van der Waals surface area contributed by atoms with Gasteiger partial charge in [0.15, 0.2) is 0 Å². The van der Waals surface area contributed by atoms with Crippen molar-refractivity contribution in [1.82, 2.24) is 4.98 Å². The molecule has 0 unspecified atom stereocenters. The molecule has 2 aromatic carbocycles. The molecule has 3 atom stereocenters. The van der Waals surface area contributed by atoms with E-state index in [4.69, 9.17) is 9.47 Å². The molecule has 30 heavy (non-hydrogen) atoms. The van der Waals surface area contributed by atoms with Crippen LogP contribution in [0.4, 0.5) is 5.69 Å². The largest absolute Gasteiger partial charge is 0.497 e. The molecule has 1 aromatic heterocycles. The van der Waals surface area contributed by atoms with Crippen molar-refractivity contribution in [2.24, 2.45) is 5.92 Å². The molecule has 9 heteroatoms. The van der Waals surface area contributed by atoms with Crippen LogP contribution in [0.2, 0.25) is 0 Å². The molecule has 2 N–H and O–H groups in total. The number of aromatic amines is 1. The summed E-state index contributed by atoms with van der Waals surface area (Å²) in [4.78, 5) is 41.6. The Morgan fingerprint density at radius 1 is 1.13 bits per heavy atom. The highest BCUT2D eigenvalue weighted by Crippen LogP contribution is 2.53. The van der Waals surface area contributed by atoms with E-state index in [0.717, 1.165) is 21.8 Å². The number of thiazole rings is 1. The highest BCUT2D eigenvalue weighted by molar-refractivity contribution is 8.00. The molecule has 0 radical (unpaired) electrons. The van der Waals surface area contributed by atoms with Crippen molar-refractivity contribution >= 4 is 40.7 Å². The van der Waals surface area contributed by atoms with Gasteiger partial charge in [-0.3, -0.25) is 14.4 Å². The lowest BCUT2D eigenvalue weighted by Gasteiger charge is -2.38. The van der Waals surface area contributed by atoms with E-state index in [1.165, 1.54) is 11.8 Å². The molecule has 0 spiro atoms. The van der Waals surface area contributed by atoms with Crippen LogP contribution in [-0.4, -0.2) is 29.2 Å². The molecule has 3 heterocycles. The Hall–Kier alpha value is -3.04. The number of thioether (sulfide) groups is 1. The highest BCUT2D eigenvalue weighted by atomic mass is 32.2. The fraction of sp³-hybridized carbons (Fsp3) is 0.190. The minimum absolute atomic E-state index is 0.209. The maximum Gasteiger partial charge on any atom is 0.317 e. The third-order valence-corrected chi connectivity index (χ3v) is 7.62. The molecule has 152 valence electrons. The van der Waals surface area contributed by atoms with Crippen molar-refractivity contribution in [3.8, 4) is 11.5 Å². The van der Waals surface area contributed by atoms with Crippen LogP contribution in [0.15, 0.2) is 58.4 Å². The smallest absolute Gasteiger partial charge is 0.317 e. The van der Waals surface area contributed by atoms with Gasteiger partial charge in [0.25, 0.3) is 0 Å². The van der Waals surface area contributed by atoms with Crippen LogP contribution in [0.1, 0.15) is 16.4 Å². The zero-order valence-corrected chi connectivity index (χ0v) is 17.3. The van der Waals surface area contributed by atoms with Gasteiger partial charge in [-0.1, -0.05) is 41.3 Å². The Morgan fingerprint density at radius 2 is 1.90 bits per heavy atom. The molecular weight excluding hydrogens is 424 g/mol. The summed E-state index contributed by atoms with van der Waals surface area (Å²) >= 11 is 2.27. The monoisotopic (exact) mass is 440 g/mol. The lowest BCUT2D eigenvalue weighted by Crippen LogP contribution is -2.46. The van der Waals surface area contributed by atoms with Crippen LogP contribution in [-0.2, 0) is 9.59 Å². The van der Waals surface area contributed by atoms with Crippen molar-refractivity contribution in [1.29, 1.82) is 0 Å². The summed E-state index contributed by atoms with van der Waals surface area (Å²) in [5.74, 6) is -0.789. The topological polar surface area (TPSA) is 97.5 Å². The second-order valence-corrected chi connectivity index (χ2v) is 9.09. The van der Waals surface area contributed by atoms with Gasteiger partial charge < -0.3 is 19.8 Å². The Morgan fingerprint density at radius 3 is 2.67 bits per heavy atom. The maximum absolute atomic E-state index is 13.2. The van der Waals surface area contributed by atoms with Crippen molar-refractivity contribution in [2.45, 2.75) is 16.2 Å². The van der Waals surface area contributed by atoms with Crippen molar-refractivity contribution < 1.29 is 19.1 Å². The molecule has 0 saturated heterocycles. The molecule has 3 aromatic rings. The molecular formula is C21H16N2O5S2. The number of rotatable bonds is 3. The van der Waals surface area contributed by atoms with Gasteiger partial charge in [-0.2, -0.15) is 0 Å². The number of benzene rings is 2. The van der Waals surface area contributed by atoms with Gasteiger partial charge in [0, 0.05) is 22.0 Å². The normalized spacial score (nSPS) is 21.6. The Labute approximate surface area is 179 Å². The lowest BCUT2D eigenvalue weighted by molar-refractivity contribution is -0.142. The van der Waals surface area contributed by atoms with E-state index >= 15 is 0 Å². The number of ether oxygens (including phenoxy) is 2. The predicted molar refractivity (Wildman–Crippen MR) is 114 cm³/mol. The van der Waals surface area contributed by atoms with E-state index in [9.17, 15) is 14.4 Å². The first-order valence-electron chi connectivity index (χ1n) is 9.20. The molecule has 0 saturated carbocycles. The van der Waals surface area contributed by atoms with Crippen LogP contribution in [0.5, 0.6) is 11.5 Å². The van der Waals surface area contributed by atoms with Gasteiger partial charge in [-0.15, -0.1) is 0 Å². The van der Waals surface area contributed by atoms with Crippen molar-refractivity contribution in [3.05, 3.63) is 68.6 Å².